The summed E-state index contributed by atoms with van der Waals surface area (Å²) in [5.74, 6) is 0.199. The summed E-state index contributed by atoms with van der Waals surface area (Å²) in [5.41, 5.74) is 1.21. The third-order valence-corrected chi connectivity index (χ3v) is 3.84. The first-order valence-electron chi connectivity index (χ1n) is 5.51. The molecule has 18 heavy (non-hydrogen) atoms. The fraction of sp³-hybridized carbons (Fsp3) is 0.0714. The van der Waals surface area contributed by atoms with Crippen molar-refractivity contribution < 1.29 is 9.42 Å². The molecule has 0 aliphatic rings. The average molecular weight is 259 g/mol. The van der Waals surface area contributed by atoms with E-state index in [-0.39, 0.29) is 5.75 Å². The maximum Gasteiger partial charge on any atom is 0.0996 e. The predicted molar refractivity (Wildman–Crippen MR) is 72.5 cm³/mol. The van der Waals surface area contributed by atoms with Gasteiger partial charge in [0.1, 0.15) is 0 Å². The fourth-order valence-electron chi connectivity index (χ4n) is 1.58. The van der Waals surface area contributed by atoms with Crippen LogP contribution in [0.5, 0.6) is 0 Å². The van der Waals surface area contributed by atoms with E-state index in [9.17, 15) is 4.21 Å². The van der Waals surface area contributed by atoms with Gasteiger partial charge in [-0.3, -0.25) is 4.21 Å². The Kier molecular flexibility index (Phi) is 4.25. The third kappa shape index (κ3) is 3.05. The molecule has 0 amide bonds. The van der Waals surface area contributed by atoms with E-state index < -0.39 is 10.8 Å². The Morgan fingerprint density at radius 1 is 1.00 bits per heavy atom. The Labute approximate surface area is 108 Å². The Morgan fingerprint density at radius 2 is 1.56 bits per heavy atom. The van der Waals surface area contributed by atoms with E-state index in [2.05, 4.69) is 5.16 Å². The molecular weight excluding hydrogens is 246 g/mol. The molecule has 0 aliphatic carbocycles. The maximum absolute atomic E-state index is 12.1. The van der Waals surface area contributed by atoms with Crippen molar-refractivity contribution in [3.8, 4) is 0 Å². The molecule has 2 aromatic carbocycles. The van der Waals surface area contributed by atoms with Gasteiger partial charge >= 0.3 is 0 Å². The van der Waals surface area contributed by atoms with Gasteiger partial charge in [-0.1, -0.05) is 53.7 Å². The van der Waals surface area contributed by atoms with Gasteiger partial charge in [-0.25, -0.2) is 0 Å². The molecule has 2 rings (SSSR count). The molecule has 0 saturated carbocycles. The molecule has 92 valence electrons. The molecule has 0 saturated heterocycles. The van der Waals surface area contributed by atoms with Crippen LogP contribution in [-0.2, 0) is 10.8 Å². The van der Waals surface area contributed by atoms with Gasteiger partial charge in [-0.05, 0) is 12.1 Å². The monoisotopic (exact) mass is 259 g/mol. The minimum atomic E-state index is -1.20. The summed E-state index contributed by atoms with van der Waals surface area (Å²) in [4.78, 5) is 0.731. The normalized spacial score (nSPS) is 13.2. The molecule has 0 spiro atoms. The predicted octanol–water partition coefficient (Wildman–Crippen LogP) is 2.67. The second kappa shape index (κ2) is 6.12. The number of nitrogens with zero attached hydrogens (tertiary/aromatic N) is 1. The second-order valence-corrected chi connectivity index (χ2v) is 5.17. The van der Waals surface area contributed by atoms with Gasteiger partial charge in [0.05, 0.1) is 22.3 Å². The van der Waals surface area contributed by atoms with Gasteiger partial charge in [0.25, 0.3) is 0 Å². The summed E-state index contributed by atoms with van der Waals surface area (Å²) >= 11 is 0. The van der Waals surface area contributed by atoms with Crippen LogP contribution in [0.3, 0.4) is 0 Å². The van der Waals surface area contributed by atoms with Crippen molar-refractivity contribution in [1.29, 1.82) is 0 Å². The van der Waals surface area contributed by atoms with Crippen LogP contribution in [0.1, 0.15) is 5.56 Å². The Bertz CT molecular complexity index is 553. The summed E-state index contributed by atoms with van der Waals surface area (Å²) in [6, 6.07) is 18.4. The molecule has 1 atom stereocenters. The smallest absolute Gasteiger partial charge is 0.0996 e. The van der Waals surface area contributed by atoms with Crippen LogP contribution >= 0.6 is 0 Å². The van der Waals surface area contributed by atoms with Crippen molar-refractivity contribution in [1.82, 2.24) is 0 Å². The Balaban J connectivity index is 2.16. The van der Waals surface area contributed by atoms with Gasteiger partial charge in [0.2, 0.25) is 0 Å². The van der Waals surface area contributed by atoms with Gasteiger partial charge in [0, 0.05) is 10.5 Å². The summed E-state index contributed by atoms with van der Waals surface area (Å²) in [7, 11) is -1.20. The SMILES string of the molecule is O=S(C/C(=N/O)c1ccccc1)c1ccccc1. The number of oxime groups is 1. The minimum absolute atomic E-state index is 0.199. The molecular formula is C14H13NO2S. The average Bonchev–Trinajstić information content (AvgIpc) is 2.46. The van der Waals surface area contributed by atoms with E-state index in [1.54, 1.807) is 12.1 Å². The first-order valence-corrected chi connectivity index (χ1v) is 6.83. The molecule has 0 aromatic heterocycles. The number of hydrogen-bond acceptors (Lipinski definition) is 3. The highest BCUT2D eigenvalue weighted by Crippen LogP contribution is 2.09. The summed E-state index contributed by atoms with van der Waals surface area (Å²) < 4.78 is 12.1. The summed E-state index contributed by atoms with van der Waals surface area (Å²) in [6.45, 7) is 0. The lowest BCUT2D eigenvalue weighted by Crippen LogP contribution is -2.12. The van der Waals surface area contributed by atoms with E-state index in [1.807, 2.05) is 48.5 Å². The van der Waals surface area contributed by atoms with E-state index in [0.29, 0.717) is 5.71 Å². The zero-order valence-corrected chi connectivity index (χ0v) is 10.5. The number of hydrogen-bond donors (Lipinski definition) is 1. The maximum atomic E-state index is 12.1. The van der Waals surface area contributed by atoms with Crippen LogP contribution in [0.25, 0.3) is 0 Å². The summed E-state index contributed by atoms with van der Waals surface area (Å²) in [5, 5.41) is 12.3. The molecule has 0 bridgehead atoms. The highest BCUT2D eigenvalue weighted by molar-refractivity contribution is 7.85. The first-order chi connectivity index (χ1) is 8.81. The molecule has 0 heterocycles. The molecule has 3 nitrogen and oxygen atoms in total. The lowest BCUT2D eigenvalue weighted by Gasteiger charge is -2.04. The highest BCUT2D eigenvalue weighted by atomic mass is 32.2. The van der Waals surface area contributed by atoms with E-state index in [1.165, 1.54) is 0 Å². The van der Waals surface area contributed by atoms with E-state index in [0.717, 1.165) is 10.5 Å². The Morgan fingerprint density at radius 3 is 2.11 bits per heavy atom. The van der Waals surface area contributed by atoms with Crippen molar-refractivity contribution in [3.63, 3.8) is 0 Å². The van der Waals surface area contributed by atoms with Crippen molar-refractivity contribution >= 4 is 16.5 Å². The zero-order chi connectivity index (χ0) is 12.8. The van der Waals surface area contributed by atoms with Crippen LogP contribution in [0.4, 0.5) is 0 Å². The topological polar surface area (TPSA) is 49.7 Å². The molecule has 4 heteroatoms. The van der Waals surface area contributed by atoms with Crippen LogP contribution in [0.2, 0.25) is 0 Å². The zero-order valence-electron chi connectivity index (χ0n) is 9.69. The van der Waals surface area contributed by atoms with E-state index in [4.69, 9.17) is 5.21 Å². The Hall–Kier alpha value is -1.94. The number of benzene rings is 2. The van der Waals surface area contributed by atoms with Crippen molar-refractivity contribution in [2.75, 3.05) is 5.75 Å². The van der Waals surface area contributed by atoms with Gasteiger partial charge in [-0.2, -0.15) is 0 Å². The molecule has 0 aliphatic heterocycles. The minimum Gasteiger partial charge on any atom is -0.411 e. The molecule has 0 radical (unpaired) electrons. The number of rotatable bonds is 4. The van der Waals surface area contributed by atoms with Crippen LogP contribution in [0.15, 0.2) is 70.7 Å². The van der Waals surface area contributed by atoms with Crippen LogP contribution in [0, 0.1) is 0 Å². The third-order valence-electron chi connectivity index (χ3n) is 2.50. The van der Waals surface area contributed by atoms with Crippen molar-refractivity contribution in [2.24, 2.45) is 5.16 Å². The van der Waals surface area contributed by atoms with E-state index >= 15 is 0 Å². The van der Waals surface area contributed by atoms with Crippen molar-refractivity contribution in [3.05, 3.63) is 66.2 Å². The first kappa shape index (κ1) is 12.5. The van der Waals surface area contributed by atoms with Crippen LogP contribution < -0.4 is 0 Å². The van der Waals surface area contributed by atoms with Gasteiger partial charge < -0.3 is 5.21 Å². The lowest BCUT2D eigenvalue weighted by molar-refractivity contribution is 0.319. The van der Waals surface area contributed by atoms with Gasteiger partial charge in [-0.15, -0.1) is 0 Å². The van der Waals surface area contributed by atoms with Crippen LogP contribution in [-0.4, -0.2) is 20.9 Å². The lowest BCUT2D eigenvalue weighted by atomic mass is 10.1. The second-order valence-electron chi connectivity index (χ2n) is 3.72. The molecule has 1 unspecified atom stereocenters. The highest BCUT2D eigenvalue weighted by Gasteiger charge is 2.10. The van der Waals surface area contributed by atoms with Gasteiger partial charge in [0.15, 0.2) is 0 Å². The standard InChI is InChI=1S/C14H13NO2S/c16-15-14(12-7-3-1-4-8-12)11-18(17)13-9-5-2-6-10-13/h1-10,16H,11H2/b15-14-. The summed E-state index contributed by atoms with van der Waals surface area (Å²) in [6.07, 6.45) is 0. The molecule has 2 aromatic rings. The fourth-order valence-corrected chi connectivity index (χ4v) is 2.68. The van der Waals surface area contributed by atoms with Crippen molar-refractivity contribution in [2.45, 2.75) is 4.90 Å². The quantitative estimate of drug-likeness (QED) is 0.521. The molecule has 0 fully saturated rings. The molecule has 1 N–H and O–H groups in total. The largest absolute Gasteiger partial charge is 0.411 e.